The van der Waals surface area contributed by atoms with Crippen LogP contribution in [0.2, 0.25) is 0 Å². The van der Waals surface area contributed by atoms with E-state index in [0.717, 1.165) is 13.0 Å². The molecule has 0 radical (unpaired) electrons. The Morgan fingerprint density at radius 1 is 1.40 bits per heavy atom. The Kier molecular flexibility index (Phi) is 5.32. The van der Waals surface area contributed by atoms with Crippen molar-refractivity contribution in [3.05, 3.63) is 16.6 Å². The highest BCUT2D eigenvalue weighted by atomic mass is 32.1. The van der Waals surface area contributed by atoms with E-state index in [1.54, 1.807) is 0 Å². The lowest BCUT2D eigenvalue weighted by molar-refractivity contribution is -0.694. The highest BCUT2D eigenvalue weighted by Gasteiger charge is 2.19. The third-order valence-corrected chi connectivity index (χ3v) is 3.26. The van der Waals surface area contributed by atoms with Crippen molar-refractivity contribution in [2.75, 3.05) is 0 Å². The molecular weight excluding hydrogens is 210 g/mol. The van der Waals surface area contributed by atoms with Gasteiger partial charge in [-0.25, -0.2) is 4.79 Å². The van der Waals surface area contributed by atoms with Crippen molar-refractivity contribution in [1.82, 2.24) is 0 Å². The molecule has 3 nitrogen and oxygen atoms in total. The Morgan fingerprint density at radius 2 is 2.13 bits per heavy atom. The number of hydrogen-bond acceptors (Lipinski definition) is 2. The molecule has 1 aromatic heterocycles. The van der Waals surface area contributed by atoms with Gasteiger partial charge in [-0.05, 0) is 6.42 Å². The molecule has 0 fully saturated rings. The average Bonchev–Trinajstić information content (AvgIpc) is 2.66. The molecule has 0 aromatic carbocycles. The monoisotopic (exact) mass is 228 g/mol. The molecule has 0 amide bonds. The van der Waals surface area contributed by atoms with Crippen LogP contribution in [0.25, 0.3) is 0 Å². The Morgan fingerprint density at radius 3 is 2.80 bits per heavy atom. The SMILES string of the molecule is CCCCCCC[n+]1ccsc1C(=O)O. The van der Waals surface area contributed by atoms with E-state index >= 15 is 0 Å². The fourth-order valence-electron chi connectivity index (χ4n) is 1.54. The van der Waals surface area contributed by atoms with Gasteiger partial charge < -0.3 is 5.11 Å². The van der Waals surface area contributed by atoms with Crippen LogP contribution in [-0.2, 0) is 6.54 Å². The molecule has 1 heterocycles. The van der Waals surface area contributed by atoms with E-state index in [2.05, 4.69) is 6.92 Å². The van der Waals surface area contributed by atoms with E-state index in [-0.39, 0.29) is 0 Å². The van der Waals surface area contributed by atoms with Gasteiger partial charge in [-0.1, -0.05) is 37.5 Å². The summed E-state index contributed by atoms with van der Waals surface area (Å²) in [5.74, 6) is -0.821. The molecule has 0 saturated carbocycles. The predicted octanol–water partition coefficient (Wildman–Crippen LogP) is 2.70. The minimum atomic E-state index is -0.821. The van der Waals surface area contributed by atoms with Crippen LogP contribution in [0.4, 0.5) is 0 Å². The highest BCUT2D eigenvalue weighted by Crippen LogP contribution is 2.05. The Balaban J connectivity index is 2.31. The smallest absolute Gasteiger partial charge is 0.412 e. The molecule has 4 heteroatoms. The summed E-state index contributed by atoms with van der Waals surface area (Å²) in [6, 6.07) is 0. The first kappa shape index (κ1) is 12.2. The van der Waals surface area contributed by atoms with E-state index in [1.807, 2.05) is 16.1 Å². The molecule has 0 aliphatic rings. The summed E-state index contributed by atoms with van der Waals surface area (Å²) >= 11 is 1.29. The molecule has 1 N–H and O–H groups in total. The summed E-state index contributed by atoms with van der Waals surface area (Å²) in [6.07, 6.45) is 7.89. The number of hydrogen-bond donors (Lipinski definition) is 1. The minimum absolute atomic E-state index is 0.436. The number of rotatable bonds is 7. The standard InChI is InChI=1S/C11H17NO2S/c1-2-3-4-5-6-7-12-8-9-15-10(12)11(13)14/h8-9H,2-7H2,1H3/p+1. The molecule has 0 unspecified atom stereocenters. The molecule has 1 rings (SSSR count). The Labute approximate surface area is 94.4 Å². The second-order valence-corrected chi connectivity index (χ2v) is 4.52. The number of aryl methyl sites for hydroxylation is 1. The number of unbranched alkanes of at least 4 members (excludes halogenated alkanes) is 4. The molecule has 0 atom stereocenters. The first-order chi connectivity index (χ1) is 7.25. The van der Waals surface area contributed by atoms with E-state index in [4.69, 9.17) is 5.11 Å². The number of aromatic carboxylic acids is 1. The highest BCUT2D eigenvalue weighted by molar-refractivity contribution is 7.11. The van der Waals surface area contributed by atoms with Gasteiger partial charge in [0.1, 0.15) is 6.54 Å². The fraction of sp³-hybridized carbons (Fsp3) is 0.636. The lowest BCUT2D eigenvalue weighted by atomic mass is 10.1. The number of nitrogens with zero attached hydrogens (tertiary/aromatic N) is 1. The van der Waals surface area contributed by atoms with E-state index in [9.17, 15) is 4.79 Å². The summed E-state index contributed by atoms with van der Waals surface area (Å²) in [5.41, 5.74) is 0. The molecule has 0 bridgehead atoms. The van der Waals surface area contributed by atoms with Gasteiger partial charge in [-0.2, -0.15) is 4.57 Å². The van der Waals surface area contributed by atoms with Gasteiger partial charge in [0.05, 0.1) is 5.38 Å². The molecular formula is C11H18NO2S+. The van der Waals surface area contributed by atoms with Gasteiger partial charge in [-0.15, -0.1) is 0 Å². The van der Waals surface area contributed by atoms with Crippen molar-refractivity contribution in [2.45, 2.75) is 45.6 Å². The van der Waals surface area contributed by atoms with Gasteiger partial charge in [-0.3, -0.25) is 0 Å². The number of carboxylic acids is 1. The molecule has 0 spiro atoms. The number of aromatic nitrogens is 1. The van der Waals surface area contributed by atoms with Crippen LogP contribution in [0.15, 0.2) is 11.6 Å². The zero-order valence-corrected chi connectivity index (χ0v) is 9.92. The van der Waals surface area contributed by atoms with Crippen molar-refractivity contribution in [1.29, 1.82) is 0 Å². The lowest BCUT2D eigenvalue weighted by Gasteiger charge is -1.96. The van der Waals surface area contributed by atoms with Crippen molar-refractivity contribution in [3.8, 4) is 0 Å². The van der Waals surface area contributed by atoms with Gasteiger partial charge in [0, 0.05) is 6.42 Å². The third-order valence-electron chi connectivity index (χ3n) is 2.37. The zero-order chi connectivity index (χ0) is 11.1. The van der Waals surface area contributed by atoms with Gasteiger partial charge in [0.2, 0.25) is 0 Å². The number of carbonyl (C=O) groups is 1. The van der Waals surface area contributed by atoms with Crippen LogP contribution >= 0.6 is 11.3 Å². The lowest BCUT2D eigenvalue weighted by Crippen LogP contribution is -2.37. The fourth-order valence-corrected chi connectivity index (χ4v) is 2.26. The van der Waals surface area contributed by atoms with Crippen LogP contribution in [0, 0.1) is 0 Å². The zero-order valence-electron chi connectivity index (χ0n) is 9.11. The Hall–Kier alpha value is -0.900. The largest absolute Gasteiger partial charge is 0.473 e. The Bertz CT molecular complexity index is 309. The van der Waals surface area contributed by atoms with Crippen LogP contribution in [0.3, 0.4) is 0 Å². The molecule has 0 saturated heterocycles. The number of thiazole rings is 1. The number of carboxylic acid groups (broad SMARTS) is 1. The van der Waals surface area contributed by atoms with Crippen molar-refractivity contribution in [3.63, 3.8) is 0 Å². The molecule has 1 aromatic rings. The van der Waals surface area contributed by atoms with Gasteiger partial charge >= 0.3 is 11.0 Å². The second kappa shape index (κ2) is 6.56. The predicted molar refractivity (Wildman–Crippen MR) is 60.2 cm³/mol. The van der Waals surface area contributed by atoms with Gasteiger partial charge in [0.25, 0.3) is 0 Å². The normalized spacial score (nSPS) is 10.5. The summed E-state index contributed by atoms with van der Waals surface area (Å²) in [6.45, 7) is 3.02. The van der Waals surface area contributed by atoms with Crippen LogP contribution in [-0.4, -0.2) is 11.1 Å². The van der Waals surface area contributed by atoms with Crippen LogP contribution in [0.5, 0.6) is 0 Å². The van der Waals surface area contributed by atoms with Crippen LogP contribution < -0.4 is 4.57 Å². The van der Waals surface area contributed by atoms with Crippen molar-refractivity contribution in [2.24, 2.45) is 0 Å². The topological polar surface area (TPSA) is 41.2 Å². The maximum Gasteiger partial charge on any atom is 0.412 e. The molecule has 0 aliphatic carbocycles. The summed E-state index contributed by atoms with van der Waals surface area (Å²) < 4.78 is 1.83. The first-order valence-electron chi connectivity index (χ1n) is 5.46. The van der Waals surface area contributed by atoms with Crippen molar-refractivity contribution >= 4 is 17.3 Å². The maximum absolute atomic E-state index is 10.8. The van der Waals surface area contributed by atoms with E-state index in [1.165, 1.54) is 37.0 Å². The molecule has 84 valence electrons. The first-order valence-corrected chi connectivity index (χ1v) is 6.34. The maximum atomic E-state index is 10.8. The van der Waals surface area contributed by atoms with E-state index in [0.29, 0.717) is 5.01 Å². The molecule has 15 heavy (non-hydrogen) atoms. The summed E-state index contributed by atoms with van der Waals surface area (Å²) in [7, 11) is 0. The quantitative estimate of drug-likeness (QED) is 0.576. The minimum Gasteiger partial charge on any atom is -0.473 e. The van der Waals surface area contributed by atoms with Crippen LogP contribution in [0.1, 0.15) is 48.8 Å². The van der Waals surface area contributed by atoms with Crippen molar-refractivity contribution < 1.29 is 14.5 Å². The molecule has 0 aliphatic heterocycles. The van der Waals surface area contributed by atoms with Gasteiger partial charge in [0.15, 0.2) is 6.20 Å². The van der Waals surface area contributed by atoms with E-state index < -0.39 is 5.97 Å². The summed E-state index contributed by atoms with van der Waals surface area (Å²) in [5, 5.41) is 11.1. The third kappa shape index (κ3) is 4.00. The average molecular weight is 228 g/mol. The second-order valence-electron chi connectivity index (χ2n) is 3.62. The summed E-state index contributed by atoms with van der Waals surface area (Å²) in [4.78, 5) is 10.8.